The Morgan fingerprint density at radius 3 is 2.24 bits per heavy atom. The van der Waals surface area contributed by atoms with E-state index in [-0.39, 0.29) is 0 Å². The van der Waals surface area contributed by atoms with E-state index in [4.69, 9.17) is 4.74 Å². The van der Waals surface area contributed by atoms with E-state index in [2.05, 4.69) is 62.2 Å². The van der Waals surface area contributed by atoms with Crippen LogP contribution in [0.1, 0.15) is 30.9 Å². The van der Waals surface area contributed by atoms with Crippen molar-refractivity contribution in [3.05, 3.63) is 101 Å². The Labute approximate surface area is 181 Å². The van der Waals surface area contributed by atoms with Crippen molar-refractivity contribution < 1.29 is 4.74 Å². The average molecular weight is 420 g/mol. The molecule has 0 heterocycles. The SMILES string of the molecule is Cc1ccc(N=C(/C=C/SSc2ccccc2)Oc2ccc(C(C)C)cc2)cc1. The van der Waals surface area contributed by atoms with E-state index in [9.17, 15) is 0 Å². The summed E-state index contributed by atoms with van der Waals surface area (Å²) in [5.74, 6) is 1.84. The van der Waals surface area contributed by atoms with Gasteiger partial charge in [0.05, 0.1) is 5.69 Å². The summed E-state index contributed by atoms with van der Waals surface area (Å²) < 4.78 is 6.08. The number of nitrogens with zero attached hydrogens (tertiary/aromatic N) is 1. The molecule has 29 heavy (non-hydrogen) atoms. The summed E-state index contributed by atoms with van der Waals surface area (Å²) in [7, 11) is 3.34. The largest absolute Gasteiger partial charge is 0.439 e. The van der Waals surface area contributed by atoms with Crippen LogP contribution in [-0.2, 0) is 0 Å². The highest BCUT2D eigenvalue weighted by atomic mass is 33.1. The van der Waals surface area contributed by atoms with Crippen LogP contribution in [0.3, 0.4) is 0 Å². The molecule has 0 spiro atoms. The lowest BCUT2D eigenvalue weighted by Gasteiger charge is -2.09. The van der Waals surface area contributed by atoms with Crippen molar-refractivity contribution in [2.24, 2.45) is 4.99 Å². The van der Waals surface area contributed by atoms with Gasteiger partial charge in [-0.25, -0.2) is 4.99 Å². The van der Waals surface area contributed by atoms with Gasteiger partial charge in [-0.3, -0.25) is 0 Å². The first-order valence-corrected chi connectivity index (χ1v) is 11.8. The molecule has 0 saturated carbocycles. The summed E-state index contributed by atoms with van der Waals surface area (Å²) in [6.45, 7) is 6.44. The number of ether oxygens (including phenoxy) is 1. The normalized spacial score (nSPS) is 11.9. The third kappa shape index (κ3) is 7.15. The number of rotatable bonds is 7. The summed E-state index contributed by atoms with van der Waals surface area (Å²) in [6.07, 6.45) is 1.91. The zero-order valence-corrected chi connectivity index (χ0v) is 18.5. The second kappa shape index (κ2) is 10.9. The Kier molecular flexibility index (Phi) is 8.03. The van der Waals surface area contributed by atoms with Crippen LogP contribution in [0, 0.1) is 6.92 Å². The molecule has 0 aliphatic rings. The van der Waals surface area contributed by atoms with Gasteiger partial charge < -0.3 is 4.74 Å². The van der Waals surface area contributed by atoms with Gasteiger partial charge in [-0.15, -0.1) is 0 Å². The van der Waals surface area contributed by atoms with Crippen molar-refractivity contribution >= 4 is 33.2 Å². The van der Waals surface area contributed by atoms with E-state index in [0.29, 0.717) is 11.8 Å². The number of hydrogen-bond acceptors (Lipinski definition) is 4. The molecule has 2 nitrogen and oxygen atoms in total. The van der Waals surface area contributed by atoms with Crippen molar-refractivity contribution in [1.82, 2.24) is 0 Å². The maximum absolute atomic E-state index is 6.08. The minimum Gasteiger partial charge on any atom is -0.439 e. The summed E-state index contributed by atoms with van der Waals surface area (Å²) >= 11 is 0. The van der Waals surface area contributed by atoms with Gasteiger partial charge in [0.1, 0.15) is 5.75 Å². The average Bonchev–Trinajstić information content (AvgIpc) is 2.74. The number of hydrogen-bond donors (Lipinski definition) is 0. The number of benzene rings is 3. The van der Waals surface area contributed by atoms with Crippen LogP contribution >= 0.6 is 21.6 Å². The first-order valence-electron chi connectivity index (χ1n) is 9.58. The molecule has 0 atom stereocenters. The van der Waals surface area contributed by atoms with Crippen LogP contribution in [-0.4, -0.2) is 5.90 Å². The molecular formula is C25H25NOS2. The van der Waals surface area contributed by atoms with Gasteiger partial charge in [-0.2, -0.15) is 0 Å². The van der Waals surface area contributed by atoms with Crippen molar-refractivity contribution in [3.63, 3.8) is 0 Å². The highest BCUT2D eigenvalue weighted by Crippen LogP contribution is 2.31. The van der Waals surface area contributed by atoms with Crippen molar-refractivity contribution in [1.29, 1.82) is 0 Å². The van der Waals surface area contributed by atoms with Gasteiger partial charge in [0.15, 0.2) is 0 Å². The molecule has 0 saturated heterocycles. The standard InChI is InChI=1S/C25H25NOS2/c1-19(2)21-11-15-23(16-12-21)27-25(26-22-13-9-20(3)10-14-22)17-18-28-29-24-7-5-4-6-8-24/h4-19H,1-3H3/b18-17+,26-25?. The Hall–Kier alpha value is -2.43. The highest BCUT2D eigenvalue weighted by molar-refractivity contribution is 8.77. The fraction of sp³-hybridized carbons (Fsp3) is 0.160. The molecule has 0 amide bonds. The van der Waals surface area contributed by atoms with Crippen LogP contribution in [0.5, 0.6) is 5.75 Å². The molecule has 0 unspecified atom stereocenters. The summed E-state index contributed by atoms with van der Waals surface area (Å²) in [5, 5.41) is 2.01. The monoisotopic (exact) mass is 419 g/mol. The molecule has 3 aromatic carbocycles. The topological polar surface area (TPSA) is 21.6 Å². The number of aliphatic imine (C=N–C) groups is 1. The molecule has 4 heteroatoms. The number of aryl methyl sites for hydroxylation is 1. The molecule has 0 aliphatic carbocycles. The molecular weight excluding hydrogens is 394 g/mol. The maximum Gasteiger partial charge on any atom is 0.220 e. The summed E-state index contributed by atoms with van der Waals surface area (Å²) in [4.78, 5) is 5.89. The lowest BCUT2D eigenvalue weighted by molar-refractivity contribution is 0.555. The van der Waals surface area contributed by atoms with Gasteiger partial charge in [-0.1, -0.05) is 83.5 Å². The molecule has 0 aromatic heterocycles. The molecule has 148 valence electrons. The summed E-state index contributed by atoms with van der Waals surface area (Å²) in [6, 6.07) is 26.6. The molecule has 0 radical (unpaired) electrons. The van der Waals surface area contributed by atoms with E-state index in [1.54, 1.807) is 21.6 Å². The Balaban J connectivity index is 1.73. The molecule has 3 rings (SSSR count). The van der Waals surface area contributed by atoms with E-state index < -0.39 is 0 Å². The first kappa shape index (κ1) is 21.3. The van der Waals surface area contributed by atoms with Crippen LogP contribution in [0.25, 0.3) is 0 Å². The van der Waals surface area contributed by atoms with Gasteiger partial charge in [-0.05, 0) is 60.2 Å². The zero-order chi connectivity index (χ0) is 20.5. The van der Waals surface area contributed by atoms with Crippen LogP contribution in [0.15, 0.2) is 100 Å². The fourth-order valence-electron chi connectivity index (χ4n) is 2.53. The molecule has 0 fully saturated rings. The Morgan fingerprint density at radius 2 is 1.59 bits per heavy atom. The highest BCUT2D eigenvalue weighted by Gasteiger charge is 2.03. The molecule has 0 aliphatic heterocycles. The van der Waals surface area contributed by atoms with E-state index in [1.807, 2.05) is 53.9 Å². The van der Waals surface area contributed by atoms with E-state index in [0.717, 1.165) is 11.4 Å². The van der Waals surface area contributed by atoms with Crippen LogP contribution in [0.4, 0.5) is 5.69 Å². The quantitative estimate of drug-likeness (QED) is 0.219. The predicted octanol–water partition coefficient (Wildman–Crippen LogP) is 8.18. The second-order valence-electron chi connectivity index (χ2n) is 6.91. The van der Waals surface area contributed by atoms with Crippen molar-refractivity contribution in [2.45, 2.75) is 31.6 Å². The maximum atomic E-state index is 6.08. The van der Waals surface area contributed by atoms with Gasteiger partial charge >= 0.3 is 0 Å². The lowest BCUT2D eigenvalue weighted by atomic mass is 10.0. The van der Waals surface area contributed by atoms with E-state index in [1.165, 1.54) is 16.0 Å². The molecule has 0 bridgehead atoms. The third-order valence-electron chi connectivity index (χ3n) is 4.20. The minimum absolute atomic E-state index is 0.496. The van der Waals surface area contributed by atoms with Crippen LogP contribution in [0.2, 0.25) is 0 Å². The fourth-order valence-corrected chi connectivity index (χ4v) is 4.13. The van der Waals surface area contributed by atoms with Crippen molar-refractivity contribution in [3.8, 4) is 5.75 Å². The summed E-state index contributed by atoms with van der Waals surface area (Å²) in [5.41, 5.74) is 3.37. The second-order valence-corrected chi connectivity index (χ2v) is 9.09. The van der Waals surface area contributed by atoms with Gasteiger partial charge in [0, 0.05) is 11.0 Å². The minimum atomic E-state index is 0.496. The molecule has 0 N–H and O–H groups in total. The Bertz CT molecular complexity index is 946. The Morgan fingerprint density at radius 1 is 0.897 bits per heavy atom. The lowest BCUT2D eigenvalue weighted by Crippen LogP contribution is -2.04. The van der Waals surface area contributed by atoms with Gasteiger partial charge in [0.25, 0.3) is 0 Å². The van der Waals surface area contributed by atoms with Crippen molar-refractivity contribution in [2.75, 3.05) is 0 Å². The third-order valence-corrected chi connectivity index (χ3v) is 6.20. The van der Waals surface area contributed by atoms with E-state index >= 15 is 0 Å². The molecule has 3 aromatic rings. The first-order chi connectivity index (χ1) is 14.1. The smallest absolute Gasteiger partial charge is 0.220 e. The van der Waals surface area contributed by atoms with Gasteiger partial charge in [0.2, 0.25) is 5.90 Å². The van der Waals surface area contributed by atoms with Crippen LogP contribution < -0.4 is 4.74 Å². The zero-order valence-electron chi connectivity index (χ0n) is 16.9. The predicted molar refractivity (Wildman–Crippen MR) is 128 cm³/mol.